The van der Waals surface area contributed by atoms with E-state index in [1.165, 1.54) is 5.56 Å². The lowest BCUT2D eigenvalue weighted by Gasteiger charge is -2.22. The number of fused-ring (bicyclic) bond motifs is 1. The lowest BCUT2D eigenvalue weighted by molar-refractivity contribution is -0.120. The van der Waals surface area contributed by atoms with Gasteiger partial charge in [0.05, 0.1) is 12.5 Å². The van der Waals surface area contributed by atoms with E-state index in [1.807, 2.05) is 49.4 Å². The van der Waals surface area contributed by atoms with Crippen molar-refractivity contribution in [1.29, 1.82) is 0 Å². The first kappa shape index (κ1) is 25.4. The zero-order valence-corrected chi connectivity index (χ0v) is 22.0. The third kappa shape index (κ3) is 5.08. The molecule has 38 heavy (non-hydrogen) atoms. The number of carbonyl (C=O) groups is 1. The molecule has 5 rings (SSSR count). The summed E-state index contributed by atoms with van der Waals surface area (Å²) in [6.45, 7) is 7.69. The predicted octanol–water partition coefficient (Wildman–Crippen LogP) is 5.85. The van der Waals surface area contributed by atoms with Crippen molar-refractivity contribution in [3.63, 3.8) is 0 Å². The van der Waals surface area contributed by atoms with E-state index < -0.39 is 5.60 Å². The van der Waals surface area contributed by atoms with E-state index in [9.17, 15) is 9.90 Å². The van der Waals surface area contributed by atoms with Crippen molar-refractivity contribution in [2.24, 2.45) is 0 Å². The number of nitrogens with zero attached hydrogens (tertiary/aromatic N) is 2. The molecule has 2 aromatic carbocycles. The van der Waals surface area contributed by atoms with Crippen LogP contribution in [0.25, 0.3) is 11.1 Å². The Morgan fingerprint density at radius 2 is 1.74 bits per heavy atom. The van der Waals surface area contributed by atoms with Crippen LogP contribution in [0.1, 0.15) is 57.8 Å². The molecule has 0 saturated carbocycles. The van der Waals surface area contributed by atoms with E-state index in [0.717, 1.165) is 27.9 Å². The molecule has 0 aliphatic carbocycles. The van der Waals surface area contributed by atoms with Gasteiger partial charge in [-0.05, 0) is 79.8 Å². The molecule has 0 bridgehead atoms. The van der Waals surface area contributed by atoms with Crippen LogP contribution in [0.4, 0.5) is 0 Å². The number of aliphatic hydroxyl groups is 1. The van der Waals surface area contributed by atoms with Crippen LogP contribution >= 0.6 is 0 Å². The van der Waals surface area contributed by atoms with Crippen LogP contribution in [0.5, 0.6) is 0 Å². The van der Waals surface area contributed by atoms with Crippen molar-refractivity contribution >= 4 is 17.0 Å². The second-order valence-corrected chi connectivity index (χ2v) is 10.0. The molecule has 3 heterocycles. The Morgan fingerprint density at radius 1 is 0.974 bits per heavy atom. The van der Waals surface area contributed by atoms with Crippen LogP contribution in [0.3, 0.4) is 0 Å². The average molecular weight is 506 g/mol. The molecule has 3 aromatic heterocycles. The number of amides is 1. The molecule has 6 nitrogen and oxygen atoms in total. The van der Waals surface area contributed by atoms with E-state index >= 15 is 0 Å². The Labute approximate surface area is 222 Å². The molecule has 1 unspecified atom stereocenters. The van der Waals surface area contributed by atoms with Crippen LogP contribution in [-0.2, 0) is 16.8 Å². The maximum Gasteiger partial charge on any atom is 0.226 e. The number of aryl methyl sites for hydroxylation is 3. The number of carbonyl (C=O) groups excluding carboxylic acids is 1. The highest BCUT2D eigenvalue weighted by molar-refractivity contribution is 5.87. The molecule has 0 aliphatic rings. The smallest absolute Gasteiger partial charge is 0.226 e. The Bertz CT molecular complexity index is 1610. The minimum Gasteiger partial charge on any atom is -0.439 e. The molecule has 0 aliphatic heterocycles. The van der Waals surface area contributed by atoms with Gasteiger partial charge in [0, 0.05) is 23.5 Å². The number of hydrogen-bond donors (Lipinski definition) is 2. The van der Waals surface area contributed by atoms with Gasteiger partial charge >= 0.3 is 0 Å². The summed E-state index contributed by atoms with van der Waals surface area (Å²) in [7, 11) is 0. The van der Waals surface area contributed by atoms with Crippen LogP contribution in [0.15, 0.2) is 89.6 Å². The van der Waals surface area contributed by atoms with Crippen molar-refractivity contribution in [1.82, 2.24) is 15.3 Å². The van der Waals surface area contributed by atoms with Gasteiger partial charge in [-0.1, -0.05) is 54.1 Å². The maximum absolute atomic E-state index is 13.4. The van der Waals surface area contributed by atoms with Crippen LogP contribution in [0.2, 0.25) is 0 Å². The highest BCUT2D eigenvalue weighted by Crippen LogP contribution is 2.34. The summed E-state index contributed by atoms with van der Waals surface area (Å²) in [5, 5.41) is 15.3. The van der Waals surface area contributed by atoms with E-state index in [-0.39, 0.29) is 18.4 Å². The molecule has 0 spiro atoms. The summed E-state index contributed by atoms with van der Waals surface area (Å²) in [5.74, 6) is 0.237. The summed E-state index contributed by atoms with van der Waals surface area (Å²) in [6, 6.07) is 23.2. The Morgan fingerprint density at radius 3 is 2.47 bits per heavy atom. The molecule has 5 aromatic rings. The predicted molar refractivity (Wildman–Crippen MR) is 148 cm³/mol. The van der Waals surface area contributed by atoms with Gasteiger partial charge in [0.1, 0.15) is 11.4 Å². The van der Waals surface area contributed by atoms with Gasteiger partial charge in [0.15, 0.2) is 0 Å². The molecule has 192 valence electrons. The van der Waals surface area contributed by atoms with Crippen LogP contribution < -0.4 is 5.32 Å². The molecular formula is C32H31N3O3. The second-order valence-electron chi connectivity index (χ2n) is 10.0. The third-order valence-electron chi connectivity index (χ3n) is 6.99. The van der Waals surface area contributed by atoms with Crippen molar-refractivity contribution in [2.45, 2.75) is 45.8 Å². The van der Waals surface area contributed by atoms with Gasteiger partial charge in [-0.15, -0.1) is 0 Å². The molecule has 0 saturated heterocycles. The Kier molecular flexibility index (Phi) is 6.83. The fourth-order valence-corrected chi connectivity index (χ4v) is 4.90. The fourth-order valence-electron chi connectivity index (χ4n) is 4.90. The fraction of sp³-hybridized carbons (Fsp3) is 0.219. The van der Waals surface area contributed by atoms with Gasteiger partial charge in [-0.2, -0.15) is 0 Å². The third-order valence-corrected chi connectivity index (χ3v) is 6.99. The van der Waals surface area contributed by atoms with E-state index in [1.54, 1.807) is 31.5 Å². The Hall–Kier alpha value is -4.29. The van der Waals surface area contributed by atoms with E-state index in [0.29, 0.717) is 22.4 Å². The first-order valence-electron chi connectivity index (χ1n) is 12.7. The number of aromatic nitrogens is 2. The summed E-state index contributed by atoms with van der Waals surface area (Å²) in [5.41, 5.74) is 5.62. The lowest BCUT2D eigenvalue weighted by Crippen LogP contribution is -2.31. The summed E-state index contributed by atoms with van der Waals surface area (Å²) >= 11 is 0. The van der Waals surface area contributed by atoms with Gasteiger partial charge in [-0.25, -0.2) is 4.98 Å². The van der Waals surface area contributed by atoms with Crippen molar-refractivity contribution in [3.8, 4) is 0 Å². The van der Waals surface area contributed by atoms with E-state index in [2.05, 4.69) is 47.3 Å². The highest BCUT2D eigenvalue weighted by atomic mass is 16.4. The van der Waals surface area contributed by atoms with Crippen molar-refractivity contribution in [2.75, 3.05) is 0 Å². The topological polar surface area (TPSA) is 88.2 Å². The van der Waals surface area contributed by atoms with Gasteiger partial charge in [-0.3, -0.25) is 9.78 Å². The number of furan rings is 1. The first-order chi connectivity index (χ1) is 18.2. The first-order valence-corrected chi connectivity index (χ1v) is 12.7. The largest absolute Gasteiger partial charge is 0.439 e. The number of pyridine rings is 2. The molecular weight excluding hydrogens is 474 g/mol. The minimum absolute atomic E-state index is 0.120. The molecule has 0 radical (unpaired) electrons. The van der Waals surface area contributed by atoms with Gasteiger partial charge in [0.25, 0.3) is 0 Å². The van der Waals surface area contributed by atoms with Gasteiger partial charge in [0.2, 0.25) is 11.6 Å². The zero-order chi connectivity index (χ0) is 26.9. The number of rotatable bonds is 7. The summed E-state index contributed by atoms with van der Waals surface area (Å²) < 4.78 is 5.98. The minimum atomic E-state index is -1.38. The number of hydrogen-bond acceptors (Lipinski definition) is 5. The summed E-state index contributed by atoms with van der Waals surface area (Å²) in [4.78, 5) is 22.0. The summed E-state index contributed by atoms with van der Waals surface area (Å²) in [6.07, 6.45) is 3.43. The SMILES string of the molecule is Cc1ccc([C@@H](NC(=O)Cc2ccnc3oc(C(C)(O)c4ccnc(C)c4)cc23)c2ccccc2)c(C)c1. The monoisotopic (exact) mass is 505 g/mol. The van der Waals surface area contributed by atoms with Crippen LogP contribution in [-0.4, -0.2) is 21.0 Å². The molecule has 1 amide bonds. The molecule has 2 atom stereocenters. The quantitative estimate of drug-likeness (QED) is 0.290. The maximum atomic E-state index is 13.4. The number of nitrogens with one attached hydrogen (secondary N) is 1. The lowest BCUT2D eigenvalue weighted by atomic mass is 9.93. The second kappa shape index (κ2) is 10.2. The van der Waals surface area contributed by atoms with Crippen molar-refractivity contribution in [3.05, 3.63) is 130 Å². The van der Waals surface area contributed by atoms with Gasteiger partial charge < -0.3 is 14.8 Å². The molecule has 2 N–H and O–H groups in total. The highest BCUT2D eigenvalue weighted by Gasteiger charge is 2.31. The normalized spacial score (nSPS) is 13.7. The van der Waals surface area contributed by atoms with Crippen molar-refractivity contribution < 1.29 is 14.3 Å². The van der Waals surface area contributed by atoms with E-state index in [4.69, 9.17) is 4.42 Å². The molecule has 0 fully saturated rings. The van der Waals surface area contributed by atoms with Crippen LogP contribution in [0, 0.1) is 20.8 Å². The number of benzene rings is 2. The molecule has 6 heteroatoms. The Balaban J connectivity index is 1.45. The standard InChI is InChI=1S/C32H31N3O3/c1-20-10-11-26(21(2)16-20)30(23-8-6-5-7-9-23)35-29(36)18-24-12-14-34-31-27(24)19-28(38-31)32(4,37)25-13-15-33-22(3)17-25/h5-17,19,30,37H,18H2,1-4H3,(H,35,36)/t30-,32?/m0/s1. The zero-order valence-electron chi connectivity index (χ0n) is 22.0. The average Bonchev–Trinajstić information content (AvgIpc) is 3.35.